The molecule has 2 aliphatic heterocycles. The number of ether oxygens (including phenoxy) is 1. The van der Waals surface area contributed by atoms with E-state index in [9.17, 15) is 9.59 Å². The average Bonchev–Trinajstić information content (AvgIpc) is 3.08. The Morgan fingerprint density at radius 3 is 2.33 bits per heavy atom. The highest BCUT2D eigenvalue weighted by Gasteiger charge is 2.47. The molecule has 0 N–H and O–H groups in total. The molecule has 1 aromatic carbocycles. The van der Waals surface area contributed by atoms with Crippen LogP contribution in [0.5, 0.6) is 0 Å². The monoisotopic (exact) mass is 449 g/mol. The molecule has 6 atom stereocenters. The summed E-state index contributed by atoms with van der Waals surface area (Å²) in [7, 11) is 0. The van der Waals surface area contributed by atoms with Gasteiger partial charge in [-0.1, -0.05) is 31.4 Å². The Morgan fingerprint density at radius 1 is 0.939 bits per heavy atom. The Morgan fingerprint density at radius 2 is 1.64 bits per heavy atom. The van der Waals surface area contributed by atoms with Crippen LogP contribution in [0.4, 0.5) is 0 Å². The van der Waals surface area contributed by atoms with Crippen LogP contribution in [0.1, 0.15) is 87.7 Å². The molecule has 4 aliphatic rings. The molecule has 4 fully saturated rings. The third-order valence-corrected chi connectivity index (χ3v) is 8.92. The molecule has 2 aromatic rings. The minimum atomic E-state index is -0.615. The van der Waals surface area contributed by atoms with E-state index < -0.39 is 5.97 Å². The molecule has 2 saturated carbocycles. The second-order valence-corrected chi connectivity index (χ2v) is 10.8. The Kier molecular flexibility index (Phi) is 5.52. The van der Waals surface area contributed by atoms with E-state index in [2.05, 4.69) is 9.88 Å². The minimum Gasteiger partial charge on any atom is -0.461 e. The molecule has 0 amide bonds. The van der Waals surface area contributed by atoms with Crippen molar-refractivity contribution < 1.29 is 9.53 Å². The highest BCUT2D eigenvalue weighted by atomic mass is 16.5. The number of hydrogen-bond donors (Lipinski definition) is 0. The fourth-order valence-electron chi connectivity index (χ4n) is 7.78. The van der Waals surface area contributed by atoms with Crippen LogP contribution in [0, 0.1) is 11.8 Å². The van der Waals surface area contributed by atoms with Crippen LogP contribution in [0.15, 0.2) is 29.1 Å². The molecule has 0 spiro atoms. The smallest absolute Gasteiger partial charge is 0.362 e. The summed E-state index contributed by atoms with van der Waals surface area (Å²) in [4.78, 5) is 33.3. The first-order chi connectivity index (χ1) is 16.1. The summed E-state index contributed by atoms with van der Waals surface area (Å²) in [6.45, 7) is 1.99. The van der Waals surface area contributed by atoms with Crippen LogP contribution in [-0.4, -0.2) is 45.2 Å². The van der Waals surface area contributed by atoms with Gasteiger partial charge in [-0.2, -0.15) is 0 Å². The minimum absolute atomic E-state index is 0.0783. The lowest BCUT2D eigenvalue weighted by atomic mass is 9.69. The van der Waals surface area contributed by atoms with Gasteiger partial charge in [0, 0.05) is 24.2 Å². The van der Waals surface area contributed by atoms with E-state index in [4.69, 9.17) is 4.74 Å². The topological polar surface area (TPSA) is 64.4 Å². The maximum absolute atomic E-state index is 13.5. The quantitative estimate of drug-likeness (QED) is 0.633. The van der Waals surface area contributed by atoms with Crippen molar-refractivity contribution in [2.75, 3.05) is 6.61 Å². The van der Waals surface area contributed by atoms with Crippen LogP contribution in [0.25, 0.3) is 11.0 Å². The molecule has 6 heteroatoms. The Hall–Kier alpha value is -2.21. The normalized spacial score (nSPS) is 33.8. The van der Waals surface area contributed by atoms with Crippen molar-refractivity contribution in [2.45, 2.75) is 95.3 Å². The van der Waals surface area contributed by atoms with Crippen LogP contribution in [0.2, 0.25) is 0 Å². The zero-order valence-electron chi connectivity index (χ0n) is 19.6. The molecule has 33 heavy (non-hydrogen) atoms. The lowest BCUT2D eigenvalue weighted by molar-refractivity contribution is 0.00784. The van der Waals surface area contributed by atoms with Gasteiger partial charge in [-0.3, -0.25) is 9.69 Å². The van der Waals surface area contributed by atoms with Crippen molar-refractivity contribution in [2.24, 2.45) is 11.8 Å². The zero-order chi connectivity index (χ0) is 22.5. The Bertz CT molecular complexity index is 1090. The van der Waals surface area contributed by atoms with Crippen molar-refractivity contribution >= 4 is 17.0 Å². The van der Waals surface area contributed by atoms with E-state index in [0.29, 0.717) is 17.6 Å². The van der Waals surface area contributed by atoms with Gasteiger partial charge in [-0.15, -0.1) is 0 Å². The number of carbonyl (C=O) groups is 1. The maximum Gasteiger partial charge on any atom is 0.362 e. The number of fused-ring (bicyclic) bond motifs is 5. The van der Waals surface area contributed by atoms with Crippen LogP contribution >= 0.6 is 0 Å². The van der Waals surface area contributed by atoms with E-state index in [1.54, 1.807) is 6.92 Å². The number of rotatable bonds is 4. The molecule has 1 aromatic heterocycles. The number of carbonyl (C=O) groups excluding carboxylic acids is 1. The predicted octanol–water partition coefficient (Wildman–Crippen LogP) is 4.71. The second kappa shape index (κ2) is 8.53. The molecule has 2 aliphatic carbocycles. The van der Waals surface area contributed by atoms with Crippen molar-refractivity contribution in [3.63, 3.8) is 0 Å². The van der Waals surface area contributed by atoms with E-state index in [0.717, 1.165) is 36.2 Å². The van der Waals surface area contributed by atoms with Crippen LogP contribution in [-0.2, 0) is 4.74 Å². The summed E-state index contributed by atoms with van der Waals surface area (Å²) in [6, 6.07) is 9.64. The summed E-state index contributed by atoms with van der Waals surface area (Å²) < 4.78 is 7.05. The number of para-hydroxylation sites is 2. The van der Waals surface area contributed by atoms with Gasteiger partial charge in [0.15, 0.2) is 0 Å². The number of piperidine rings is 1. The van der Waals surface area contributed by atoms with Gasteiger partial charge >= 0.3 is 5.97 Å². The summed E-state index contributed by atoms with van der Waals surface area (Å²) >= 11 is 0. The molecule has 3 heterocycles. The number of esters is 1. The highest BCUT2D eigenvalue weighted by Crippen LogP contribution is 2.48. The first-order valence-electron chi connectivity index (χ1n) is 13.1. The van der Waals surface area contributed by atoms with Crippen molar-refractivity contribution in [1.82, 2.24) is 14.5 Å². The first-order valence-corrected chi connectivity index (χ1v) is 13.1. The van der Waals surface area contributed by atoms with Gasteiger partial charge in [0.05, 0.1) is 17.6 Å². The largest absolute Gasteiger partial charge is 0.461 e. The molecule has 2 saturated heterocycles. The SMILES string of the molecule is CCOC(=O)c1nc2ccccc2n([C@H]2C[C@H]3CC[C@@H](C2)N3[C@H]2C[C@@H]3CCC[C@@H](C3)C2)c1=O. The molecule has 0 unspecified atom stereocenters. The van der Waals surface area contributed by atoms with Gasteiger partial charge in [-0.05, 0) is 75.8 Å². The predicted molar refractivity (Wildman–Crippen MR) is 127 cm³/mol. The lowest BCUT2D eigenvalue weighted by Crippen LogP contribution is -2.52. The zero-order valence-corrected chi connectivity index (χ0v) is 19.6. The second-order valence-electron chi connectivity index (χ2n) is 10.8. The van der Waals surface area contributed by atoms with Crippen LogP contribution < -0.4 is 5.56 Å². The summed E-state index contributed by atoms with van der Waals surface area (Å²) in [6.07, 6.45) is 12.9. The van der Waals surface area contributed by atoms with E-state index >= 15 is 0 Å². The Labute approximate surface area is 195 Å². The van der Waals surface area contributed by atoms with Gasteiger partial charge in [0.2, 0.25) is 5.69 Å². The third kappa shape index (κ3) is 3.71. The average molecular weight is 450 g/mol. The standard InChI is InChI=1S/C27H35N3O3/c1-2-33-27(32)25-26(31)30(24-9-4-3-8-23(24)28-25)22-15-19-10-11-20(16-22)29(19)21-13-17-6-5-7-18(12-17)14-21/h3-4,8-9,17-22H,2,5-7,10-16H2,1H3/t17-,18+,19-,20+,21+,22+. The molecule has 6 nitrogen and oxygen atoms in total. The number of benzene rings is 1. The van der Waals surface area contributed by atoms with Crippen LogP contribution in [0.3, 0.4) is 0 Å². The van der Waals surface area contributed by atoms with Crippen molar-refractivity contribution in [3.8, 4) is 0 Å². The van der Waals surface area contributed by atoms with E-state index in [1.165, 1.54) is 51.4 Å². The number of hydrogen-bond acceptors (Lipinski definition) is 5. The van der Waals surface area contributed by atoms with Gasteiger partial charge in [0.1, 0.15) is 0 Å². The molecular weight excluding hydrogens is 414 g/mol. The van der Waals surface area contributed by atoms with Crippen molar-refractivity contribution in [3.05, 3.63) is 40.3 Å². The molecule has 0 radical (unpaired) electrons. The molecular formula is C27H35N3O3. The van der Waals surface area contributed by atoms with E-state index in [-0.39, 0.29) is 23.9 Å². The van der Waals surface area contributed by atoms with Gasteiger partial charge < -0.3 is 9.30 Å². The summed E-state index contributed by atoms with van der Waals surface area (Å²) in [5.41, 5.74) is 1.15. The third-order valence-electron chi connectivity index (χ3n) is 8.92. The molecule has 176 valence electrons. The summed E-state index contributed by atoms with van der Waals surface area (Å²) in [5, 5.41) is 0. The van der Waals surface area contributed by atoms with Gasteiger partial charge in [0.25, 0.3) is 5.56 Å². The maximum atomic E-state index is 13.5. The fourth-order valence-corrected chi connectivity index (χ4v) is 7.78. The van der Waals surface area contributed by atoms with Crippen molar-refractivity contribution in [1.29, 1.82) is 0 Å². The fraction of sp³-hybridized carbons (Fsp3) is 0.667. The summed E-state index contributed by atoms with van der Waals surface area (Å²) in [5.74, 6) is 1.24. The van der Waals surface area contributed by atoms with E-state index in [1.807, 2.05) is 28.8 Å². The highest BCUT2D eigenvalue weighted by molar-refractivity contribution is 5.89. The number of aromatic nitrogens is 2. The Balaban J connectivity index is 1.32. The van der Waals surface area contributed by atoms with Gasteiger partial charge in [-0.25, -0.2) is 9.78 Å². The lowest BCUT2D eigenvalue weighted by Gasteiger charge is -2.49. The number of nitrogens with zero attached hydrogens (tertiary/aromatic N) is 3. The molecule has 6 rings (SSSR count). The molecule has 4 bridgehead atoms. The first kappa shape index (κ1) is 21.3.